The number of fused-ring (bicyclic) bond motifs is 2. The summed E-state index contributed by atoms with van der Waals surface area (Å²) in [6, 6.07) is 13.7. The zero-order chi connectivity index (χ0) is 33.0. The maximum Gasteiger partial charge on any atom is 0.251 e. The molecule has 2 aliphatic carbocycles. The third-order valence-electron chi connectivity index (χ3n) is 10.2. The molecule has 1 aromatic heterocycles. The summed E-state index contributed by atoms with van der Waals surface area (Å²) >= 11 is 0. The first-order valence-corrected chi connectivity index (χ1v) is 16.9. The molecule has 1 atom stereocenters. The molecule has 4 N–H and O–H groups in total. The molecule has 2 heterocycles. The van der Waals surface area contributed by atoms with Crippen LogP contribution in [0.5, 0.6) is 0 Å². The van der Waals surface area contributed by atoms with Crippen LogP contribution in [0.15, 0.2) is 36.4 Å². The Bertz CT molecular complexity index is 1600. The molecule has 2 aromatic carbocycles. The summed E-state index contributed by atoms with van der Waals surface area (Å²) in [6.07, 6.45) is 7.10. The number of hydrogen-bond donors (Lipinski definition) is 4. The van der Waals surface area contributed by atoms with E-state index < -0.39 is 11.0 Å². The van der Waals surface area contributed by atoms with Crippen molar-refractivity contribution >= 4 is 17.7 Å². The lowest BCUT2D eigenvalue weighted by Crippen LogP contribution is -2.53. The van der Waals surface area contributed by atoms with Gasteiger partial charge in [0, 0.05) is 36.3 Å². The Morgan fingerprint density at radius 3 is 2.11 bits per heavy atom. The molecule has 0 radical (unpaired) electrons. The smallest absolute Gasteiger partial charge is 0.251 e. The highest BCUT2D eigenvalue weighted by Crippen LogP contribution is 2.51. The number of H-pyrrole nitrogens is 1. The van der Waals surface area contributed by atoms with Crippen molar-refractivity contribution in [3.05, 3.63) is 75.6 Å². The molecular weight excluding hydrogens is 594 g/mol. The van der Waals surface area contributed by atoms with Crippen LogP contribution in [0.25, 0.3) is 0 Å². The van der Waals surface area contributed by atoms with E-state index in [-0.39, 0.29) is 30.3 Å². The van der Waals surface area contributed by atoms with E-state index >= 15 is 0 Å². The number of aryl methyl sites for hydroxylation is 2. The molecule has 47 heavy (non-hydrogen) atoms. The van der Waals surface area contributed by atoms with Crippen LogP contribution in [0.3, 0.4) is 0 Å². The molecule has 12 heteroatoms. The molecule has 0 spiro atoms. The SMILES string of the molecule is CCNC(=O)c1ccc2c(c1)CCc1cc(C(=O)NCC)ccc1C2(CC1(NCC(=O)N2CCCC2C#N)CCCC1)c1nnn[nH]1. The third kappa shape index (κ3) is 6.12. The Kier molecular flexibility index (Phi) is 9.36. The highest BCUT2D eigenvalue weighted by molar-refractivity contribution is 5.95. The quantitative estimate of drug-likeness (QED) is 0.263. The second-order valence-electron chi connectivity index (χ2n) is 13.0. The number of aromatic nitrogens is 4. The van der Waals surface area contributed by atoms with Crippen molar-refractivity contribution in [2.24, 2.45) is 0 Å². The minimum atomic E-state index is -0.882. The van der Waals surface area contributed by atoms with Crippen LogP contribution >= 0.6 is 0 Å². The van der Waals surface area contributed by atoms with Gasteiger partial charge in [-0.1, -0.05) is 25.0 Å². The second kappa shape index (κ2) is 13.6. The van der Waals surface area contributed by atoms with Crippen molar-refractivity contribution in [2.45, 2.75) is 88.6 Å². The summed E-state index contributed by atoms with van der Waals surface area (Å²) in [4.78, 5) is 41.1. The Balaban J connectivity index is 1.49. The summed E-state index contributed by atoms with van der Waals surface area (Å²) in [7, 11) is 0. The number of nitrogens with one attached hydrogen (secondary N) is 4. The standard InChI is InChI=1S/C35H43N9O3/c1-3-37-31(46)25-11-13-28-23(18-25)9-10-24-19-26(32(47)38-4-2)12-14-29(24)35(28,33-40-42-43-41-33)22-34(15-5-6-16-34)39-21-30(45)44-17-7-8-27(44)20-36/h11-14,18-19,27,39H,3-10,15-17,21-22H2,1-2H3,(H,37,46)(H,38,47)(H,40,41,42,43). The molecule has 1 saturated heterocycles. The number of benzene rings is 2. The summed E-state index contributed by atoms with van der Waals surface area (Å²) in [5.41, 5.74) is 3.86. The number of amides is 3. The second-order valence-corrected chi connectivity index (χ2v) is 13.0. The lowest BCUT2D eigenvalue weighted by Gasteiger charge is -2.43. The van der Waals surface area contributed by atoms with Gasteiger partial charge in [-0.2, -0.15) is 5.26 Å². The van der Waals surface area contributed by atoms with E-state index in [0.29, 0.717) is 62.3 Å². The molecule has 1 unspecified atom stereocenters. The molecule has 246 valence electrons. The predicted octanol–water partition coefficient (Wildman–Crippen LogP) is 2.94. The van der Waals surface area contributed by atoms with Crippen LogP contribution < -0.4 is 16.0 Å². The van der Waals surface area contributed by atoms with E-state index in [9.17, 15) is 19.6 Å². The van der Waals surface area contributed by atoms with Crippen LogP contribution in [0.1, 0.15) is 108 Å². The molecule has 6 rings (SSSR count). The van der Waals surface area contributed by atoms with Gasteiger partial charge in [0.05, 0.1) is 18.0 Å². The van der Waals surface area contributed by atoms with Crippen LogP contribution in [0.4, 0.5) is 0 Å². The van der Waals surface area contributed by atoms with Crippen LogP contribution in [-0.2, 0) is 23.1 Å². The number of nitriles is 1. The molecule has 12 nitrogen and oxygen atoms in total. The van der Waals surface area contributed by atoms with Crippen molar-refractivity contribution in [1.29, 1.82) is 5.26 Å². The van der Waals surface area contributed by atoms with Gasteiger partial charge in [-0.3, -0.25) is 14.4 Å². The maximum absolute atomic E-state index is 13.5. The zero-order valence-electron chi connectivity index (χ0n) is 27.2. The number of aromatic amines is 1. The fraction of sp³-hybridized carbons (Fsp3) is 0.514. The Hall–Kier alpha value is -4.63. The van der Waals surface area contributed by atoms with E-state index in [2.05, 4.69) is 42.6 Å². The Morgan fingerprint density at radius 2 is 1.57 bits per heavy atom. The summed E-state index contributed by atoms with van der Waals surface area (Å²) in [6.45, 7) is 5.58. The average Bonchev–Trinajstić information content (AvgIpc) is 3.87. The van der Waals surface area contributed by atoms with Crippen molar-refractivity contribution in [1.82, 2.24) is 41.5 Å². The molecule has 1 saturated carbocycles. The van der Waals surface area contributed by atoms with Crippen molar-refractivity contribution in [3.63, 3.8) is 0 Å². The van der Waals surface area contributed by atoms with E-state index in [0.717, 1.165) is 54.4 Å². The highest BCUT2D eigenvalue weighted by atomic mass is 16.2. The number of likely N-dealkylation sites (tertiary alicyclic amines) is 1. The number of hydrogen-bond acceptors (Lipinski definition) is 8. The first-order chi connectivity index (χ1) is 22.8. The molecule has 1 aliphatic heterocycles. The Labute approximate surface area is 275 Å². The molecule has 2 fully saturated rings. The number of rotatable bonds is 10. The molecule has 0 bridgehead atoms. The van der Waals surface area contributed by atoms with E-state index in [1.807, 2.05) is 50.2 Å². The predicted molar refractivity (Wildman–Crippen MR) is 175 cm³/mol. The van der Waals surface area contributed by atoms with Crippen molar-refractivity contribution < 1.29 is 14.4 Å². The number of carbonyl (C=O) groups excluding carboxylic acids is 3. The topological polar surface area (TPSA) is 169 Å². The zero-order valence-corrected chi connectivity index (χ0v) is 27.2. The molecule has 3 amide bonds. The van der Waals surface area contributed by atoms with Crippen LogP contribution in [-0.4, -0.2) is 81.0 Å². The minimum Gasteiger partial charge on any atom is -0.352 e. The first-order valence-electron chi connectivity index (χ1n) is 16.9. The van der Waals surface area contributed by atoms with Gasteiger partial charge in [0.1, 0.15) is 6.04 Å². The first kappa shape index (κ1) is 32.3. The van der Waals surface area contributed by atoms with Gasteiger partial charge in [0.25, 0.3) is 11.8 Å². The highest BCUT2D eigenvalue weighted by Gasteiger charge is 2.51. The third-order valence-corrected chi connectivity index (χ3v) is 10.2. The Morgan fingerprint density at radius 1 is 0.957 bits per heavy atom. The largest absolute Gasteiger partial charge is 0.352 e. The van der Waals surface area contributed by atoms with Gasteiger partial charge in [-0.25, -0.2) is 5.10 Å². The summed E-state index contributed by atoms with van der Waals surface area (Å²) < 4.78 is 0. The van der Waals surface area contributed by atoms with Gasteiger partial charge < -0.3 is 20.9 Å². The van der Waals surface area contributed by atoms with Gasteiger partial charge >= 0.3 is 0 Å². The summed E-state index contributed by atoms with van der Waals surface area (Å²) in [5, 5.41) is 34.9. The van der Waals surface area contributed by atoms with Crippen LogP contribution in [0, 0.1) is 11.3 Å². The van der Waals surface area contributed by atoms with E-state index in [1.165, 1.54) is 0 Å². The van der Waals surface area contributed by atoms with E-state index in [4.69, 9.17) is 0 Å². The van der Waals surface area contributed by atoms with E-state index in [1.54, 1.807) is 4.90 Å². The van der Waals surface area contributed by atoms with Gasteiger partial charge in [0.2, 0.25) is 5.91 Å². The monoisotopic (exact) mass is 637 g/mol. The lowest BCUT2D eigenvalue weighted by molar-refractivity contribution is -0.130. The number of tetrazole rings is 1. The fourth-order valence-corrected chi connectivity index (χ4v) is 8.06. The maximum atomic E-state index is 13.5. The summed E-state index contributed by atoms with van der Waals surface area (Å²) in [5.74, 6) is 0.248. The average molecular weight is 638 g/mol. The molecule has 3 aliphatic rings. The van der Waals surface area contributed by atoms with Gasteiger partial charge in [0.15, 0.2) is 5.82 Å². The van der Waals surface area contributed by atoms with Crippen molar-refractivity contribution in [2.75, 3.05) is 26.2 Å². The fourth-order valence-electron chi connectivity index (χ4n) is 8.06. The minimum absolute atomic E-state index is 0.0597. The molecule has 3 aromatic rings. The lowest BCUT2D eigenvalue weighted by atomic mass is 9.64. The van der Waals surface area contributed by atoms with Gasteiger partial charge in [-0.05, 0) is 116 Å². The van der Waals surface area contributed by atoms with Crippen molar-refractivity contribution in [3.8, 4) is 6.07 Å². The van der Waals surface area contributed by atoms with Crippen LogP contribution in [0.2, 0.25) is 0 Å². The number of carbonyl (C=O) groups is 3. The molecular formula is C35H43N9O3. The number of nitrogens with zero attached hydrogens (tertiary/aromatic N) is 5. The van der Waals surface area contributed by atoms with Gasteiger partial charge in [-0.15, -0.1) is 5.10 Å². The normalized spacial score (nSPS) is 19.3.